The second kappa shape index (κ2) is 7.91. The van der Waals surface area contributed by atoms with Crippen molar-refractivity contribution in [2.45, 2.75) is 33.1 Å². The zero-order valence-electron chi connectivity index (χ0n) is 10.1. The molecule has 0 heterocycles. The first kappa shape index (κ1) is 14.7. The topological polar surface area (TPSA) is 63.6 Å². The Hall–Kier alpha value is -1.32. The molecule has 0 aromatic carbocycles. The number of allylic oxidation sites excluding steroid dienone is 1. The van der Waals surface area contributed by atoms with Gasteiger partial charge in [0, 0.05) is 0 Å². The highest BCUT2D eigenvalue weighted by Crippen LogP contribution is 2.16. The van der Waals surface area contributed by atoms with E-state index < -0.39 is 23.8 Å². The lowest BCUT2D eigenvalue weighted by molar-refractivity contribution is -0.153. The lowest BCUT2D eigenvalue weighted by Gasteiger charge is -2.14. The maximum Gasteiger partial charge on any atom is 0.313 e. The predicted octanol–water partition coefficient (Wildman–Crippen LogP) is 2.24. The van der Waals surface area contributed by atoms with Crippen molar-refractivity contribution in [3.8, 4) is 0 Å². The number of methoxy groups -OCH3 is 1. The maximum absolute atomic E-state index is 11.4. The third kappa shape index (κ3) is 4.96. The van der Waals surface area contributed by atoms with Crippen molar-refractivity contribution in [3.05, 3.63) is 12.2 Å². The molecule has 4 nitrogen and oxygen atoms in total. The van der Waals surface area contributed by atoms with Crippen LogP contribution < -0.4 is 0 Å². The van der Waals surface area contributed by atoms with E-state index in [9.17, 15) is 9.59 Å². The zero-order chi connectivity index (χ0) is 12.6. The van der Waals surface area contributed by atoms with Gasteiger partial charge in [0.25, 0.3) is 0 Å². The quantitative estimate of drug-likeness (QED) is 0.412. The summed E-state index contributed by atoms with van der Waals surface area (Å²) >= 11 is 0. The summed E-state index contributed by atoms with van der Waals surface area (Å²) in [6.45, 7) is 3.58. The normalized spacial score (nSPS) is 14.7. The Morgan fingerprint density at radius 3 is 2.50 bits per heavy atom. The summed E-state index contributed by atoms with van der Waals surface area (Å²) in [5.41, 5.74) is 0. The minimum Gasteiger partial charge on any atom is -0.481 e. The van der Waals surface area contributed by atoms with Crippen LogP contribution in [0.3, 0.4) is 0 Å². The van der Waals surface area contributed by atoms with Crippen LogP contribution in [0.5, 0.6) is 0 Å². The van der Waals surface area contributed by atoms with Gasteiger partial charge >= 0.3 is 11.9 Å². The van der Waals surface area contributed by atoms with Gasteiger partial charge in [0.15, 0.2) is 0 Å². The van der Waals surface area contributed by atoms with Crippen molar-refractivity contribution in [1.29, 1.82) is 0 Å². The molecule has 0 saturated carbocycles. The second-order valence-electron chi connectivity index (χ2n) is 3.75. The van der Waals surface area contributed by atoms with Crippen LogP contribution in [0.4, 0.5) is 0 Å². The van der Waals surface area contributed by atoms with Crippen LogP contribution in [0.1, 0.15) is 33.1 Å². The molecular formula is C12H20O4. The standard InChI is InChI=1S/C12H20O4/c1-4-5-6-7-8-10(12(15)16-3)9(2)11(13)14/h7-10H,4-6H2,1-3H3,(H,13,14)/b8-7+. The van der Waals surface area contributed by atoms with Crippen molar-refractivity contribution < 1.29 is 19.4 Å². The summed E-state index contributed by atoms with van der Waals surface area (Å²) in [5.74, 6) is -2.94. The van der Waals surface area contributed by atoms with Crippen LogP contribution in [0, 0.1) is 11.8 Å². The average Bonchev–Trinajstić information content (AvgIpc) is 2.27. The predicted molar refractivity (Wildman–Crippen MR) is 61.0 cm³/mol. The van der Waals surface area contributed by atoms with E-state index in [4.69, 9.17) is 5.11 Å². The van der Waals surface area contributed by atoms with E-state index in [2.05, 4.69) is 11.7 Å². The Balaban J connectivity index is 4.49. The number of unbranched alkanes of at least 4 members (excludes halogenated alkanes) is 2. The largest absolute Gasteiger partial charge is 0.481 e. The molecule has 0 aliphatic heterocycles. The van der Waals surface area contributed by atoms with Gasteiger partial charge in [-0.05, 0) is 6.42 Å². The van der Waals surface area contributed by atoms with Crippen molar-refractivity contribution in [2.24, 2.45) is 11.8 Å². The fraction of sp³-hybridized carbons (Fsp3) is 0.667. The Bertz CT molecular complexity index is 258. The summed E-state index contributed by atoms with van der Waals surface area (Å²) in [7, 11) is 1.27. The van der Waals surface area contributed by atoms with Crippen LogP contribution in [0.2, 0.25) is 0 Å². The third-order valence-electron chi connectivity index (χ3n) is 2.47. The minimum absolute atomic E-state index is 0.498. The first-order valence-electron chi connectivity index (χ1n) is 5.51. The van der Waals surface area contributed by atoms with E-state index in [1.807, 2.05) is 6.08 Å². The van der Waals surface area contributed by atoms with Gasteiger partial charge in [-0.1, -0.05) is 38.8 Å². The first-order valence-corrected chi connectivity index (χ1v) is 5.51. The summed E-state index contributed by atoms with van der Waals surface area (Å²) < 4.78 is 4.59. The molecule has 0 aliphatic rings. The highest BCUT2D eigenvalue weighted by Gasteiger charge is 2.28. The number of carbonyl (C=O) groups excluding carboxylic acids is 1. The molecule has 0 saturated heterocycles. The number of rotatable bonds is 7. The Labute approximate surface area is 96.3 Å². The van der Waals surface area contributed by atoms with Gasteiger partial charge in [-0.3, -0.25) is 9.59 Å². The summed E-state index contributed by atoms with van der Waals surface area (Å²) in [4.78, 5) is 22.2. The van der Waals surface area contributed by atoms with E-state index in [-0.39, 0.29) is 0 Å². The third-order valence-corrected chi connectivity index (χ3v) is 2.47. The van der Waals surface area contributed by atoms with E-state index in [1.165, 1.54) is 14.0 Å². The number of hydrogen-bond donors (Lipinski definition) is 1. The molecule has 0 amide bonds. The van der Waals surface area contributed by atoms with E-state index in [0.717, 1.165) is 19.3 Å². The molecule has 0 rings (SSSR count). The van der Waals surface area contributed by atoms with Crippen LogP contribution in [0.25, 0.3) is 0 Å². The van der Waals surface area contributed by atoms with Gasteiger partial charge in [-0.15, -0.1) is 0 Å². The highest BCUT2D eigenvalue weighted by molar-refractivity contribution is 5.82. The molecule has 0 radical (unpaired) electrons. The molecule has 0 spiro atoms. The van der Waals surface area contributed by atoms with Gasteiger partial charge in [0.1, 0.15) is 0 Å². The van der Waals surface area contributed by atoms with Gasteiger partial charge in [0.05, 0.1) is 18.9 Å². The number of hydrogen-bond acceptors (Lipinski definition) is 3. The molecule has 0 aliphatic carbocycles. The van der Waals surface area contributed by atoms with Crippen LogP contribution >= 0.6 is 0 Å². The molecule has 2 unspecified atom stereocenters. The number of carbonyl (C=O) groups is 2. The molecular weight excluding hydrogens is 208 g/mol. The van der Waals surface area contributed by atoms with E-state index in [1.54, 1.807) is 6.08 Å². The molecule has 0 bridgehead atoms. The van der Waals surface area contributed by atoms with Crippen molar-refractivity contribution in [1.82, 2.24) is 0 Å². The fourth-order valence-electron chi connectivity index (χ4n) is 1.30. The Kier molecular flexibility index (Phi) is 7.25. The molecule has 0 fully saturated rings. The molecule has 92 valence electrons. The zero-order valence-corrected chi connectivity index (χ0v) is 10.1. The lowest BCUT2D eigenvalue weighted by atomic mass is 9.93. The molecule has 0 aromatic heterocycles. The number of esters is 1. The SMILES string of the molecule is CCCC/C=C/C(C(=O)OC)C(C)C(=O)O. The second-order valence-corrected chi connectivity index (χ2v) is 3.75. The molecule has 4 heteroatoms. The van der Waals surface area contributed by atoms with Crippen LogP contribution in [-0.4, -0.2) is 24.2 Å². The van der Waals surface area contributed by atoms with E-state index in [0.29, 0.717) is 0 Å². The van der Waals surface area contributed by atoms with Crippen LogP contribution in [-0.2, 0) is 14.3 Å². The smallest absolute Gasteiger partial charge is 0.313 e. The molecule has 2 atom stereocenters. The molecule has 1 N–H and O–H groups in total. The summed E-state index contributed by atoms with van der Waals surface area (Å²) in [6.07, 6.45) is 6.45. The van der Waals surface area contributed by atoms with Crippen molar-refractivity contribution in [2.75, 3.05) is 7.11 Å². The number of carboxylic acids is 1. The average molecular weight is 228 g/mol. The number of aliphatic carboxylic acids is 1. The van der Waals surface area contributed by atoms with Gasteiger partial charge in [-0.2, -0.15) is 0 Å². The van der Waals surface area contributed by atoms with Gasteiger partial charge in [-0.25, -0.2) is 0 Å². The minimum atomic E-state index is -0.990. The first-order chi connectivity index (χ1) is 7.54. The molecule has 0 aromatic rings. The number of ether oxygens (including phenoxy) is 1. The summed E-state index contributed by atoms with van der Waals surface area (Å²) in [6, 6.07) is 0. The van der Waals surface area contributed by atoms with Gasteiger partial charge < -0.3 is 9.84 Å². The van der Waals surface area contributed by atoms with E-state index >= 15 is 0 Å². The monoisotopic (exact) mass is 228 g/mol. The highest BCUT2D eigenvalue weighted by atomic mass is 16.5. The van der Waals surface area contributed by atoms with Crippen LogP contribution in [0.15, 0.2) is 12.2 Å². The Morgan fingerprint density at radius 1 is 1.44 bits per heavy atom. The van der Waals surface area contributed by atoms with Crippen molar-refractivity contribution >= 4 is 11.9 Å². The summed E-state index contributed by atoms with van der Waals surface area (Å²) in [5, 5.41) is 8.86. The van der Waals surface area contributed by atoms with Gasteiger partial charge in [0.2, 0.25) is 0 Å². The fourth-order valence-corrected chi connectivity index (χ4v) is 1.30. The maximum atomic E-state index is 11.4. The number of carboxylic acid groups (broad SMARTS) is 1. The Morgan fingerprint density at radius 2 is 2.06 bits per heavy atom. The van der Waals surface area contributed by atoms with Crippen molar-refractivity contribution in [3.63, 3.8) is 0 Å². The molecule has 16 heavy (non-hydrogen) atoms. The lowest BCUT2D eigenvalue weighted by Crippen LogP contribution is -2.27.